The second-order valence-corrected chi connectivity index (χ2v) is 8.80. The summed E-state index contributed by atoms with van der Waals surface area (Å²) in [5.74, 6) is 1.52. The Hall–Kier alpha value is -2.83. The Morgan fingerprint density at radius 3 is 2.77 bits per heavy atom. The first-order valence-corrected chi connectivity index (χ1v) is 11.3. The fourth-order valence-electron chi connectivity index (χ4n) is 2.85. The topological polar surface area (TPSA) is 92.8 Å². The van der Waals surface area contributed by atoms with Crippen LogP contribution in [-0.4, -0.2) is 26.4 Å². The maximum atomic E-state index is 12.4. The molecule has 2 aromatic heterocycles. The van der Waals surface area contributed by atoms with Gasteiger partial charge in [-0.3, -0.25) is 4.79 Å². The van der Waals surface area contributed by atoms with Gasteiger partial charge in [-0.2, -0.15) is 5.26 Å². The third-order valence-electron chi connectivity index (χ3n) is 4.64. The molecule has 156 valence electrons. The Balaban J connectivity index is 1.62. The number of hydrogen-bond acceptors (Lipinski definition) is 7. The number of hydrogen-bond donors (Lipinski definition) is 1. The summed E-state index contributed by atoms with van der Waals surface area (Å²) in [5, 5.41) is 21.9. The number of benzene rings is 1. The summed E-state index contributed by atoms with van der Waals surface area (Å²) in [5.41, 5.74) is 2.50. The number of aromatic nitrogens is 3. The number of nitrogens with one attached hydrogen (secondary N) is 1. The van der Waals surface area contributed by atoms with E-state index in [9.17, 15) is 10.1 Å². The van der Waals surface area contributed by atoms with Gasteiger partial charge in [-0.25, -0.2) is 0 Å². The summed E-state index contributed by atoms with van der Waals surface area (Å²) >= 11 is 2.73. The molecule has 30 heavy (non-hydrogen) atoms. The highest BCUT2D eigenvalue weighted by Crippen LogP contribution is 2.32. The van der Waals surface area contributed by atoms with Crippen LogP contribution in [-0.2, 0) is 17.9 Å². The van der Waals surface area contributed by atoms with Crippen LogP contribution < -0.4 is 10.1 Å². The highest BCUT2D eigenvalue weighted by Gasteiger charge is 2.17. The number of thioether (sulfide) groups is 1. The lowest BCUT2D eigenvalue weighted by molar-refractivity contribution is -0.113. The van der Waals surface area contributed by atoms with E-state index in [1.54, 1.807) is 0 Å². The lowest BCUT2D eigenvalue weighted by atomic mass is 10.2. The van der Waals surface area contributed by atoms with E-state index in [-0.39, 0.29) is 11.7 Å². The SMILES string of the molecule is CCn1c(COc2ccccc2C)nnc1SCC(=O)Nc1sc(C)c(C)c1C#N. The molecule has 0 radical (unpaired) electrons. The maximum absolute atomic E-state index is 12.4. The van der Waals surface area contributed by atoms with Crippen molar-refractivity contribution in [2.75, 3.05) is 11.1 Å². The zero-order valence-electron chi connectivity index (χ0n) is 17.4. The van der Waals surface area contributed by atoms with E-state index in [1.807, 2.05) is 56.5 Å². The molecule has 0 aliphatic heterocycles. The largest absolute Gasteiger partial charge is 0.485 e. The minimum absolute atomic E-state index is 0.178. The Bertz CT molecular complexity index is 1100. The zero-order valence-corrected chi connectivity index (χ0v) is 19.0. The van der Waals surface area contributed by atoms with Crippen LogP contribution in [0, 0.1) is 32.1 Å². The molecule has 0 fully saturated rings. The first-order chi connectivity index (χ1) is 14.4. The molecule has 1 amide bonds. The summed E-state index contributed by atoms with van der Waals surface area (Å²) in [6.07, 6.45) is 0. The average Bonchev–Trinajstić information content (AvgIpc) is 3.25. The van der Waals surface area contributed by atoms with Gasteiger partial charge < -0.3 is 14.6 Å². The van der Waals surface area contributed by atoms with Crippen LogP contribution in [0.4, 0.5) is 5.00 Å². The molecule has 2 heterocycles. The average molecular weight is 442 g/mol. The first-order valence-electron chi connectivity index (χ1n) is 9.47. The number of aryl methyl sites for hydroxylation is 2. The van der Waals surface area contributed by atoms with Crippen molar-refractivity contribution < 1.29 is 9.53 Å². The van der Waals surface area contributed by atoms with E-state index in [1.165, 1.54) is 23.1 Å². The predicted octanol–water partition coefficient (Wildman–Crippen LogP) is 4.47. The molecule has 1 aromatic carbocycles. The van der Waals surface area contributed by atoms with E-state index in [0.717, 1.165) is 21.8 Å². The highest BCUT2D eigenvalue weighted by molar-refractivity contribution is 7.99. The molecule has 0 saturated carbocycles. The monoisotopic (exact) mass is 441 g/mol. The van der Waals surface area contributed by atoms with Gasteiger partial charge in [-0.15, -0.1) is 21.5 Å². The van der Waals surface area contributed by atoms with Crippen LogP contribution in [0.1, 0.15) is 34.3 Å². The Morgan fingerprint density at radius 2 is 2.07 bits per heavy atom. The number of nitrogens with zero attached hydrogens (tertiary/aromatic N) is 4. The molecule has 0 aliphatic rings. The molecule has 7 nitrogen and oxygen atoms in total. The molecule has 0 atom stereocenters. The number of carbonyl (C=O) groups is 1. The number of ether oxygens (including phenoxy) is 1. The highest BCUT2D eigenvalue weighted by atomic mass is 32.2. The quantitative estimate of drug-likeness (QED) is 0.519. The molecule has 0 aliphatic carbocycles. The second-order valence-electron chi connectivity index (χ2n) is 6.63. The van der Waals surface area contributed by atoms with Gasteiger partial charge in [-0.05, 0) is 44.9 Å². The molecule has 3 rings (SSSR count). The number of thiophene rings is 1. The summed E-state index contributed by atoms with van der Waals surface area (Å²) in [6, 6.07) is 9.98. The summed E-state index contributed by atoms with van der Waals surface area (Å²) in [7, 11) is 0. The van der Waals surface area contributed by atoms with Crippen molar-refractivity contribution in [3.63, 3.8) is 0 Å². The third-order valence-corrected chi connectivity index (χ3v) is 6.73. The molecule has 0 bridgehead atoms. The normalized spacial score (nSPS) is 10.6. The molecule has 0 spiro atoms. The fraction of sp³-hybridized carbons (Fsp3) is 0.333. The smallest absolute Gasteiger partial charge is 0.235 e. The minimum Gasteiger partial charge on any atom is -0.485 e. The van der Waals surface area contributed by atoms with Crippen molar-refractivity contribution in [1.82, 2.24) is 14.8 Å². The standard InChI is InChI=1S/C21H23N5O2S2/c1-5-26-18(11-28-17-9-7-6-8-13(17)2)24-25-21(26)29-12-19(27)23-20-16(10-22)14(3)15(4)30-20/h6-9H,5,11-12H2,1-4H3,(H,23,27). The van der Waals surface area contributed by atoms with Crippen molar-refractivity contribution in [3.8, 4) is 11.8 Å². The Morgan fingerprint density at radius 1 is 1.30 bits per heavy atom. The molecular formula is C21H23N5O2S2. The summed E-state index contributed by atoms with van der Waals surface area (Å²) in [4.78, 5) is 13.4. The van der Waals surface area contributed by atoms with Crippen LogP contribution >= 0.6 is 23.1 Å². The number of para-hydroxylation sites is 1. The number of anilines is 1. The van der Waals surface area contributed by atoms with Gasteiger partial charge in [0, 0.05) is 11.4 Å². The molecule has 0 unspecified atom stereocenters. The van der Waals surface area contributed by atoms with Gasteiger partial charge in [0.25, 0.3) is 0 Å². The molecule has 9 heteroatoms. The molecule has 0 saturated heterocycles. The Labute approximate surface area is 184 Å². The summed E-state index contributed by atoms with van der Waals surface area (Å²) in [6.45, 7) is 8.80. The zero-order chi connectivity index (χ0) is 21.7. The maximum Gasteiger partial charge on any atom is 0.235 e. The minimum atomic E-state index is -0.180. The van der Waals surface area contributed by atoms with Gasteiger partial charge in [0.1, 0.15) is 23.4 Å². The predicted molar refractivity (Wildman–Crippen MR) is 119 cm³/mol. The number of rotatable bonds is 8. The van der Waals surface area contributed by atoms with Gasteiger partial charge in [0.05, 0.1) is 11.3 Å². The molecule has 3 aromatic rings. The fourth-order valence-corrected chi connectivity index (χ4v) is 4.70. The van der Waals surface area contributed by atoms with E-state index in [0.29, 0.717) is 34.7 Å². The molecular weight excluding hydrogens is 418 g/mol. The Kier molecular flexibility index (Phi) is 7.13. The number of nitriles is 1. The van der Waals surface area contributed by atoms with Crippen molar-refractivity contribution >= 4 is 34.0 Å². The van der Waals surface area contributed by atoms with Crippen LogP contribution in [0.3, 0.4) is 0 Å². The van der Waals surface area contributed by atoms with Crippen molar-refractivity contribution in [2.45, 2.75) is 46.0 Å². The third kappa shape index (κ3) is 4.83. The van der Waals surface area contributed by atoms with Crippen molar-refractivity contribution in [1.29, 1.82) is 5.26 Å². The second kappa shape index (κ2) is 9.78. The van der Waals surface area contributed by atoms with Crippen molar-refractivity contribution in [3.05, 3.63) is 51.7 Å². The van der Waals surface area contributed by atoms with Gasteiger partial charge in [-0.1, -0.05) is 30.0 Å². The lowest BCUT2D eigenvalue weighted by Gasteiger charge is -2.10. The van der Waals surface area contributed by atoms with Gasteiger partial charge in [0.2, 0.25) is 5.91 Å². The van der Waals surface area contributed by atoms with Gasteiger partial charge >= 0.3 is 0 Å². The van der Waals surface area contributed by atoms with E-state index < -0.39 is 0 Å². The van der Waals surface area contributed by atoms with Crippen LogP contribution in [0.25, 0.3) is 0 Å². The van der Waals surface area contributed by atoms with E-state index in [4.69, 9.17) is 4.74 Å². The van der Waals surface area contributed by atoms with Gasteiger partial charge in [0.15, 0.2) is 11.0 Å². The first kappa shape index (κ1) is 21.9. The van der Waals surface area contributed by atoms with Crippen LogP contribution in [0.5, 0.6) is 5.75 Å². The lowest BCUT2D eigenvalue weighted by Crippen LogP contribution is -2.15. The summed E-state index contributed by atoms with van der Waals surface area (Å²) < 4.78 is 7.82. The van der Waals surface area contributed by atoms with Crippen molar-refractivity contribution in [2.24, 2.45) is 0 Å². The molecule has 1 N–H and O–H groups in total. The van der Waals surface area contributed by atoms with Crippen LogP contribution in [0.15, 0.2) is 29.4 Å². The van der Waals surface area contributed by atoms with E-state index >= 15 is 0 Å². The number of amides is 1. The van der Waals surface area contributed by atoms with E-state index in [2.05, 4.69) is 21.6 Å². The van der Waals surface area contributed by atoms with Crippen LogP contribution in [0.2, 0.25) is 0 Å². The number of carbonyl (C=O) groups excluding carboxylic acids is 1.